The molecule has 11 heavy (non-hydrogen) atoms. The highest BCUT2D eigenvalue weighted by Crippen LogP contribution is 2.36. The molecular formula is C9H15NO. The molecule has 0 radical (unpaired) electrons. The van der Waals surface area contributed by atoms with E-state index in [1.54, 1.807) is 0 Å². The molecule has 2 aliphatic rings. The molecule has 62 valence electrons. The standard InChI is InChI=1S/C9H15NO/c1-6-2-3-8-7(4-6)5-10-9(8)11/h6-8H,2-5H2,1H3,(H,10,11)/t6-,7+,8?/m0/s1. The maximum absolute atomic E-state index is 11.2. The molecule has 0 bridgehead atoms. The number of rotatable bonds is 0. The van der Waals surface area contributed by atoms with Crippen LogP contribution < -0.4 is 5.32 Å². The highest BCUT2D eigenvalue weighted by Gasteiger charge is 2.37. The second-order valence-electron chi connectivity index (χ2n) is 4.03. The lowest BCUT2D eigenvalue weighted by atomic mass is 9.76. The number of carbonyl (C=O) groups is 1. The molecule has 3 atom stereocenters. The summed E-state index contributed by atoms with van der Waals surface area (Å²) in [6, 6.07) is 0. The molecule has 0 spiro atoms. The molecule has 1 aliphatic carbocycles. The van der Waals surface area contributed by atoms with Crippen molar-refractivity contribution in [2.75, 3.05) is 6.54 Å². The van der Waals surface area contributed by atoms with Crippen LogP contribution in [-0.4, -0.2) is 12.5 Å². The molecule has 0 aromatic carbocycles. The first-order chi connectivity index (χ1) is 5.27. The number of fused-ring (bicyclic) bond motifs is 1. The Kier molecular flexibility index (Phi) is 1.63. The van der Waals surface area contributed by atoms with E-state index in [1.165, 1.54) is 12.8 Å². The van der Waals surface area contributed by atoms with Gasteiger partial charge in [-0.1, -0.05) is 6.92 Å². The Bertz CT molecular complexity index is 178. The molecule has 2 heteroatoms. The average molecular weight is 153 g/mol. The quantitative estimate of drug-likeness (QED) is 0.556. The Balaban J connectivity index is 2.06. The summed E-state index contributed by atoms with van der Waals surface area (Å²) in [5.74, 6) is 2.17. The second kappa shape index (κ2) is 2.50. The minimum atomic E-state index is 0.307. The van der Waals surface area contributed by atoms with E-state index in [0.717, 1.165) is 18.9 Å². The van der Waals surface area contributed by atoms with Gasteiger partial charge in [0.05, 0.1) is 0 Å². The molecule has 2 nitrogen and oxygen atoms in total. The third kappa shape index (κ3) is 1.15. The summed E-state index contributed by atoms with van der Waals surface area (Å²) < 4.78 is 0. The molecule has 1 aliphatic heterocycles. The Morgan fingerprint density at radius 3 is 3.09 bits per heavy atom. The van der Waals surface area contributed by atoms with Crippen LogP contribution in [0.15, 0.2) is 0 Å². The fourth-order valence-corrected chi connectivity index (χ4v) is 2.43. The van der Waals surface area contributed by atoms with Gasteiger partial charge in [0.15, 0.2) is 0 Å². The van der Waals surface area contributed by atoms with E-state index >= 15 is 0 Å². The minimum Gasteiger partial charge on any atom is -0.356 e. The second-order valence-corrected chi connectivity index (χ2v) is 4.03. The Morgan fingerprint density at radius 1 is 1.45 bits per heavy atom. The molecule has 2 rings (SSSR count). The fraction of sp³-hybridized carbons (Fsp3) is 0.889. The lowest BCUT2D eigenvalue weighted by molar-refractivity contribution is -0.123. The zero-order valence-corrected chi connectivity index (χ0v) is 6.97. The highest BCUT2D eigenvalue weighted by molar-refractivity contribution is 5.81. The van der Waals surface area contributed by atoms with Crippen LogP contribution in [0.2, 0.25) is 0 Å². The lowest BCUT2D eigenvalue weighted by Gasteiger charge is -2.26. The molecule has 1 heterocycles. The highest BCUT2D eigenvalue weighted by atomic mass is 16.2. The van der Waals surface area contributed by atoms with Gasteiger partial charge in [-0.2, -0.15) is 0 Å². The van der Waals surface area contributed by atoms with E-state index in [4.69, 9.17) is 0 Å². The zero-order chi connectivity index (χ0) is 7.84. The van der Waals surface area contributed by atoms with Gasteiger partial charge < -0.3 is 5.32 Å². The van der Waals surface area contributed by atoms with Crippen LogP contribution in [0.4, 0.5) is 0 Å². The summed E-state index contributed by atoms with van der Waals surface area (Å²) in [7, 11) is 0. The molecule has 1 N–H and O–H groups in total. The summed E-state index contributed by atoms with van der Waals surface area (Å²) in [5, 5.41) is 2.94. The van der Waals surface area contributed by atoms with E-state index in [9.17, 15) is 4.79 Å². The molecule has 1 saturated carbocycles. The van der Waals surface area contributed by atoms with Gasteiger partial charge in [-0.15, -0.1) is 0 Å². The van der Waals surface area contributed by atoms with E-state index in [0.29, 0.717) is 17.7 Å². The molecule has 1 amide bonds. The smallest absolute Gasteiger partial charge is 0.223 e. The van der Waals surface area contributed by atoms with Crippen molar-refractivity contribution < 1.29 is 4.79 Å². The van der Waals surface area contributed by atoms with Gasteiger partial charge in [0.2, 0.25) is 5.91 Å². The molecular weight excluding hydrogens is 138 g/mol. The van der Waals surface area contributed by atoms with Crippen molar-refractivity contribution in [1.82, 2.24) is 5.32 Å². The fourth-order valence-electron chi connectivity index (χ4n) is 2.43. The summed E-state index contributed by atoms with van der Waals surface area (Å²) in [5.41, 5.74) is 0. The monoisotopic (exact) mass is 153 g/mol. The predicted molar refractivity (Wildman–Crippen MR) is 43.0 cm³/mol. The third-order valence-corrected chi connectivity index (χ3v) is 3.12. The number of hydrogen-bond donors (Lipinski definition) is 1. The van der Waals surface area contributed by atoms with Crippen LogP contribution in [-0.2, 0) is 4.79 Å². The van der Waals surface area contributed by atoms with Crippen molar-refractivity contribution in [1.29, 1.82) is 0 Å². The first kappa shape index (κ1) is 7.14. The van der Waals surface area contributed by atoms with Gasteiger partial charge in [0.25, 0.3) is 0 Å². The number of amides is 1. The predicted octanol–water partition coefficient (Wildman–Crippen LogP) is 1.17. The summed E-state index contributed by atoms with van der Waals surface area (Å²) in [6.45, 7) is 3.23. The van der Waals surface area contributed by atoms with Crippen LogP contribution in [0.3, 0.4) is 0 Å². The first-order valence-corrected chi connectivity index (χ1v) is 4.55. The molecule has 0 aromatic rings. The van der Waals surface area contributed by atoms with Crippen molar-refractivity contribution in [3.8, 4) is 0 Å². The topological polar surface area (TPSA) is 29.1 Å². The van der Waals surface area contributed by atoms with E-state index < -0.39 is 0 Å². The first-order valence-electron chi connectivity index (χ1n) is 4.55. The van der Waals surface area contributed by atoms with Gasteiger partial charge in [-0.05, 0) is 31.1 Å². The van der Waals surface area contributed by atoms with Crippen LogP contribution >= 0.6 is 0 Å². The van der Waals surface area contributed by atoms with Crippen LogP contribution in [0.5, 0.6) is 0 Å². The normalized spacial score (nSPS) is 43.4. The Labute approximate surface area is 67.4 Å². The van der Waals surface area contributed by atoms with E-state index in [-0.39, 0.29) is 0 Å². The van der Waals surface area contributed by atoms with Crippen LogP contribution in [0.1, 0.15) is 26.2 Å². The maximum Gasteiger partial charge on any atom is 0.223 e. The zero-order valence-electron chi connectivity index (χ0n) is 6.97. The van der Waals surface area contributed by atoms with E-state index in [2.05, 4.69) is 12.2 Å². The van der Waals surface area contributed by atoms with Crippen molar-refractivity contribution in [2.24, 2.45) is 17.8 Å². The maximum atomic E-state index is 11.2. The van der Waals surface area contributed by atoms with Crippen molar-refractivity contribution in [3.05, 3.63) is 0 Å². The molecule has 0 aromatic heterocycles. The van der Waals surface area contributed by atoms with Gasteiger partial charge in [-0.3, -0.25) is 4.79 Å². The van der Waals surface area contributed by atoms with Crippen molar-refractivity contribution in [2.45, 2.75) is 26.2 Å². The SMILES string of the molecule is C[C@H]1CCC2C(=O)NC[C@H]2C1. The molecule has 1 saturated heterocycles. The Hall–Kier alpha value is -0.530. The largest absolute Gasteiger partial charge is 0.356 e. The van der Waals surface area contributed by atoms with Crippen LogP contribution in [0, 0.1) is 17.8 Å². The minimum absolute atomic E-state index is 0.307. The number of carbonyl (C=O) groups excluding carboxylic acids is 1. The molecule has 2 fully saturated rings. The van der Waals surface area contributed by atoms with Gasteiger partial charge in [0.1, 0.15) is 0 Å². The van der Waals surface area contributed by atoms with E-state index in [1.807, 2.05) is 0 Å². The van der Waals surface area contributed by atoms with Crippen molar-refractivity contribution >= 4 is 5.91 Å². The van der Waals surface area contributed by atoms with Gasteiger partial charge in [-0.25, -0.2) is 0 Å². The Morgan fingerprint density at radius 2 is 2.27 bits per heavy atom. The summed E-state index contributed by atoms with van der Waals surface area (Å²) in [6.07, 6.45) is 3.62. The number of nitrogens with one attached hydrogen (secondary N) is 1. The van der Waals surface area contributed by atoms with Gasteiger partial charge >= 0.3 is 0 Å². The van der Waals surface area contributed by atoms with Crippen molar-refractivity contribution in [3.63, 3.8) is 0 Å². The lowest BCUT2D eigenvalue weighted by Crippen LogP contribution is -2.24. The van der Waals surface area contributed by atoms with Gasteiger partial charge in [0, 0.05) is 12.5 Å². The van der Waals surface area contributed by atoms with Crippen LogP contribution in [0.25, 0.3) is 0 Å². The third-order valence-electron chi connectivity index (χ3n) is 3.12. The summed E-state index contributed by atoms with van der Waals surface area (Å²) in [4.78, 5) is 11.2. The summed E-state index contributed by atoms with van der Waals surface area (Å²) >= 11 is 0. The molecule has 1 unspecified atom stereocenters. The average Bonchev–Trinajstić information content (AvgIpc) is 2.32. The number of hydrogen-bond acceptors (Lipinski definition) is 1.